The van der Waals surface area contributed by atoms with Crippen LogP contribution in [0, 0.1) is 0 Å². The van der Waals surface area contributed by atoms with Crippen LogP contribution in [0.15, 0.2) is 72.9 Å². The first kappa shape index (κ1) is 18.4. The van der Waals surface area contributed by atoms with Crippen LogP contribution in [0.3, 0.4) is 0 Å². The summed E-state index contributed by atoms with van der Waals surface area (Å²) in [5.74, 6) is -0.242. The van der Waals surface area contributed by atoms with Gasteiger partial charge >= 0.3 is 6.09 Å². The summed E-state index contributed by atoms with van der Waals surface area (Å²) >= 11 is 0. The molecule has 0 fully saturated rings. The van der Waals surface area contributed by atoms with E-state index >= 15 is 0 Å². The van der Waals surface area contributed by atoms with Crippen molar-refractivity contribution in [2.45, 2.75) is 0 Å². The quantitative estimate of drug-likeness (QED) is 0.512. The molecule has 0 bridgehead atoms. The Labute approximate surface area is 167 Å². The molecule has 0 saturated carbocycles. The zero-order valence-electron chi connectivity index (χ0n) is 16.0. The van der Waals surface area contributed by atoms with Gasteiger partial charge in [0, 0.05) is 30.0 Å². The van der Waals surface area contributed by atoms with Crippen molar-refractivity contribution in [2.24, 2.45) is 0 Å². The fraction of sp³-hybridized carbons (Fsp3) is 0.0870. The van der Waals surface area contributed by atoms with E-state index in [0.717, 1.165) is 16.2 Å². The van der Waals surface area contributed by atoms with E-state index in [9.17, 15) is 9.59 Å². The summed E-state index contributed by atoms with van der Waals surface area (Å²) in [7, 11) is 2.95. The molecule has 0 atom stereocenters. The molecular formula is C23H19N3O3. The van der Waals surface area contributed by atoms with E-state index in [4.69, 9.17) is 4.74 Å². The van der Waals surface area contributed by atoms with Crippen molar-refractivity contribution >= 4 is 45.1 Å². The summed E-state index contributed by atoms with van der Waals surface area (Å²) in [6.07, 6.45) is 1.22. The van der Waals surface area contributed by atoms with Crippen molar-refractivity contribution in [3.63, 3.8) is 0 Å². The van der Waals surface area contributed by atoms with E-state index in [1.165, 1.54) is 12.0 Å². The number of fused-ring (bicyclic) bond motifs is 3. The number of ether oxygens (including phenoxy) is 1. The second kappa shape index (κ2) is 7.59. The van der Waals surface area contributed by atoms with E-state index in [2.05, 4.69) is 10.3 Å². The van der Waals surface area contributed by atoms with Crippen LogP contribution in [0.25, 0.3) is 21.7 Å². The maximum atomic E-state index is 13.0. The lowest BCUT2D eigenvalue weighted by molar-refractivity contribution is 0.102. The Kier molecular flexibility index (Phi) is 4.83. The molecule has 0 aliphatic heterocycles. The predicted octanol–water partition coefficient (Wildman–Crippen LogP) is 4.84. The van der Waals surface area contributed by atoms with Gasteiger partial charge in [0.1, 0.15) is 0 Å². The Hall–Kier alpha value is -3.93. The molecule has 4 aromatic rings. The van der Waals surface area contributed by atoms with Gasteiger partial charge in [0.25, 0.3) is 5.91 Å². The average molecular weight is 385 g/mol. The number of hydrogen-bond acceptors (Lipinski definition) is 4. The van der Waals surface area contributed by atoms with Gasteiger partial charge in [-0.05, 0) is 47.2 Å². The molecule has 144 valence electrons. The van der Waals surface area contributed by atoms with Crippen molar-refractivity contribution in [2.75, 3.05) is 24.4 Å². The number of aromatic nitrogens is 1. The third kappa shape index (κ3) is 3.48. The molecule has 0 spiro atoms. The number of amides is 2. The highest BCUT2D eigenvalue weighted by Gasteiger charge is 2.15. The molecule has 3 aromatic carbocycles. The molecule has 0 unspecified atom stereocenters. The molecule has 6 heteroatoms. The normalized spacial score (nSPS) is 10.7. The van der Waals surface area contributed by atoms with Crippen molar-refractivity contribution in [3.05, 3.63) is 78.5 Å². The largest absolute Gasteiger partial charge is 0.452 e. The zero-order chi connectivity index (χ0) is 20.4. The monoisotopic (exact) mass is 385 g/mol. The van der Waals surface area contributed by atoms with E-state index in [1.54, 1.807) is 37.5 Å². The lowest BCUT2D eigenvalue weighted by Crippen LogP contribution is -2.25. The summed E-state index contributed by atoms with van der Waals surface area (Å²) in [4.78, 5) is 30.5. The van der Waals surface area contributed by atoms with Crippen LogP contribution in [0.1, 0.15) is 10.4 Å². The van der Waals surface area contributed by atoms with Gasteiger partial charge in [-0.3, -0.25) is 14.7 Å². The highest BCUT2D eigenvalue weighted by Crippen LogP contribution is 2.28. The maximum absolute atomic E-state index is 13.0. The number of nitrogens with zero attached hydrogens (tertiary/aromatic N) is 2. The van der Waals surface area contributed by atoms with Gasteiger partial charge in [0.05, 0.1) is 18.2 Å². The van der Waals surface area contributed by atoms with E-state index < -0.39 is 6.09 Å². The molecule has 0 saturated heterocycles. The number of hydrogen-bond donors (Lipinski definition) is 1. The molecule has 1 aromatic heterocycles. The number of carbonyl (C=O) groups excluding carboxylic acids is 2. The van der Waals surface area contributed by atoms with Gasteiger partial charge in [-0.25, -0.2) is 4.79 Å². The van der Waals surface area contributed by atoms with Gasteiger partial charge in [0.15, 0.2) is 0 Å². The lowest BCUT2D eigenvalue weighted by Gasteiger charge is -2.16. The van der Waals surface area contributed by atoms with Crippen LogP contribution in [-0.2, 0) is 4.74 Å². The molecule has 4 rings (SSSR count). The fourth-order valence-electron chi connectivity index (χ4n) is 3.31. The number of anilines is 2. The molecule has 0 aliphatic rings. The summed E-state index contributed by atoms with van der Waals surface area (Å²) in [5.41, 5.74) is 2.45. The molecule has 29 heavy (non-hydrogen) atoms. The predicted molar refractivity (Wildman–Crippen MR) is 114 cm³/mol. The third-order valence-corrected chi connectivity index (χ3v) is 4.82. The first-order valence-electron chi connectivity index (χ1n) is 9.08. The van der Waals surface area contributed by atoms with Crippen LogP contribution in [0.2, 0.25) is 0 Å². The van der Waals surface area contributed by atoms with Gasteiger partial charge in [-0.1, -0.05) is 30.3 Å². The minimum absolute atomic E-state index is 0.242. The first-order chi connectivity index (χ1) is 14.1. The van der Waals surface area contributed by atoms with Crippen LogP contribution in [0.4, 0.5) is 16.2 Å². The summed E-state index contributed by atoms with van der Waals surface area (Å²) in [6.45, 7) is 0. The standard InChI is InChI=1S/C23H19N3O3/c1-26(23(28)29-2)17-11-9-16(10-12-17)25-22(27)20-14-15-6-3-4-7-18(15)19-8-5-13-24-21(19)20/h3-14H,1-2H3,(H,25,27). The van der Waals surface area contributed by atoms with Crippen molar-refractivity contribution in [1.82, 2.24) is 4.98 Å². The maximum Gasteiger partial charge on any atom is 0.413 e. The van der Waals surface area contributed by atoms with Gasteiger partial charge < -0.3 is 10.1 Å². The van der Waals surface area contributed by atoms with Crippen LogP contribution in [0.5, 0.6) is 0 Å². The van der Waals surface area contributed by atoms with Gasteiger partial charge in [-0.15, -0.1) is 0 Å². The second-order valence-corrected chi connectivity index (χ2v) is 6.57. The number of nitrogens with one attached hydrogen (secondary N) is 1. The van der Waals surface area contributed by atoms with Crippen molar-refractivity contribution in [1.29, 1.82) is 0 Å². The third-order valence-electron chi connectivity index (χ3n) is 4.82. The Morgan fingerprint density at radius 2 is 1.69 bits per heavy atom. The van der Waals surface area contributed by atoms with Crippen LogP contribution in [-0.4, -0.2) is 31.1 Å². The fourth-order valence-corrected chi connectivity index (χ4v) is 3.31. The topological polar surface area (TPSA) is 71.5 Å². The molecular weight excluding hydrogens is 366 g/mol. The molecule has 0 aliphatic carbocycles. The summed E-state index contributed by atoms with van der Waals surface area (Å²) in [6, 6.07) is 20.6. The second-order valence-electron chi connectivity index (χ2n) is 6.57. The van der Waals surface area contributed by atoms with Gasteiger partial charge in [-0.2, -0.15) is 0 Å². The molecule has 1 heterocycles. The molecule has 1 N–H and O–H groups in total. The minimum Gasteiger partial charge on any atom is -0.452 e. The molecule has 6 nitrogen and oxygen atoms in total. The van der Waals surface area contributed by atoms with Crippen LogP contribution < -0.4 is 10.2 Å². The summed E-state index contributed by atoms with van der Waals surface area (Å²) in [5, 5.41) is 5.88. The average Bonchev–Trinajstić information content (AvgIpc) is 2.78. The number of carbonyl (C=O) groups is 2. The van der Waals surface area contributed by atoms with Crippen molar-refractivity contribution in [3.8, 4) is 0 Å². The number of methoxy groups -OCH3 is 1. The highest BCUT2D eigenvalue weighted by molar-refractivity contribution is 6.18. The van der Waals surface area contributed by atoms with Crippen molar-refractivity contribution < 1.29 is 14.3 Å². The number of rotatable bonds is 3. The first-order valence-corrected chi connectivity index (χ1v) is 9.08. The highest BCUT2D eigenvalue weighted by atomic mass is 16.5. The SMILES string of the molecule is COC(=O)N(C)c1ccc(NC(=O)c2cc3ccccc3c3cccnc23)cc1. The smallest absolute Gasteiger partial charge is 0.413 e. The van der Waals surface area contributed by atoms with Crippen LogP contribution >= 0.6 is 0 Å². The van der Waals surface area contributed by atoms with E-state index in [0.29, 0.717) is 22.5 Å². The lowest BCUT2D eigenvalue weighted by atomic mass is 10.0. The Morgan fingerprint density at radius 1 is 0.966 bits per heavy atom. The minimum atomic E-state index is -0.463. The molecule has 2 amide bonds. The zero-order valence-corrected chi connectivity index (χ0v) is 16.0. The van der Waals surface area contributed by atoms with Gasteiger partial charge in [0.2, 0.25) is 0 Å². The molecule has 0 radical (unpaired) electrons. The number of pyridine rings is 1. The van der Waals surface area contributed by atoms with E-state index in [1.807, 2.05) is 42.5 Å². The Morgan fingerprint density at radius 3 is 2.45 bits per heavy atom. The Balaban J connectivity index is 1.66. The summed E-state index contributed by atoms with van der Waals surface area (Å²) < 4.78 is 4.71. The number of benzene rings is 3. The Bertz CT molecular complexity index is 1220. The van der Waals surface area contributed by atoms with E-state index in [-0.39, 0.29) is 5.91 Å².